The van der Waals surface area contributed by atoms with Gasteiger partial charge < -0.3 is 10.1 Å². The Kier molecular flexibility index (Phi) is 5.53. The second-order valence-electron chi connectivity index (χ2n) is 6.10. The van der Waals surface area contributed by atoms with E-state index in [1.807, 2.05) is 24.3 Å². The van der Waals surface area contributed by atoms with Crippen LogP contribution in [0.15, 0.2) is 54.9 Å². The minimum atomic E-state index is -0.641. The summed E-state index contributed by atoms with van der Waals surface area (Å²) >= 11 is 1.33. The average molecular weight is 437 g/mol. The third-order valence-electron chi connectivity index (χ3n) is 4.17. The summed E-state index contributed by atoms with van der Waals surface area (Å²) in [6, 6.07) is 13.8. The fraction of sp³-hybridized carbons (Fsp3) is 0.0526. The van der Waals surface area contributed by atoms with Crippen molar-refractivity contribution >= 4 is 49.9 Å². The molecule has 4 aromatic rings. The Balaban J connectivity index is 1.55. The lowest BCUT2D eigenvalue weighted by molar-refractivity contribution is -0.383. The maximum atomic E-state index is 12.3. The van der Waals surface area contributed by atoms with Gasteiger partial charge in [-0.25, -0.2) is 15.0 Å². The molecule has 0 aliphatic heterocycles. The second kappa shape index (κ2) is 8.59. The summed E-state index contributed by atoms with van der Waals surface area (Å²) in [6.07, 6.45) is 1.14. The second-order valence-corrected chi connectivity index (χ2v) is 7.13. The number of anilines is 3. The molecule has 11 nitrogen and oxygen atoms in total. The van der Waals surface area contributed by atoms with Crippen molar-refractivity contribution in [1.29, 1.82) is 0 Å². The number of thiazole rings is 1. The summed E-state index contributed by atoms with van der Waals surface area (Å²) in [6.45, 7) is 0. The van der Waals surface area contributed by atoms with Gasteiger partial charge in [-0.3, -0.25) is 25.8 Å². The van der Waals surface area contributed by atoms with Gasteiger partial charge >= 0.3 is 5.69 Å². The topological polar surface area (TPSA) is 144 Å². The van der Waals surface area contributed by atoms with Crippen LogP contribution in [-0.4, -0.2) is 32.9 Å². The van der Waals surface area contributed by atoms with Gasteiger partial charge in [0.1, 0.15) is 12.1 Å². The number of nitrogens with one attached hydrogen (secondary N) is 3. The third kappa shape index (κ3) is 4.33. The summed E-state index contributed by atoms with van der Waals surface area (Å²) < 4.78 is 5.97. The zero-order valence-electron chi connectivity index (χ0n) is 16.0. The molecule has 156 valence electrons. The summed E-state index contributed by atoms with van der Waals surface area (Å²) in [7, 11) is 1.52. The number of ether oxygens (including phenoxy) is 1. The highest BCUT2D eigenvalue weighted by molar-refractivity contribution is 7.22. The molecule has 3 N–H and O–H groups in total. The van der Waals surface area contributed by atoms with E-state index in [1.165, 1.54) is 18.4 Å². The standard InChI is InChI=1S/C19H15N7O4S/c1-30-12-8-6-11(7-9-12)18(27)25-24-17-15(26(28)29)16(20-10-21-17)23-19-22-13-4-2-3-5-14(13)31-19/h2-10H,1H3,(H,25,27)(H2,20,21,22,23,24). The van der Waals surface area contributed by atoms with Crippen molar-refractivity contribution in [3.63, 3.8) is 0 Å². The minimum absolute atomic E-state index is 0.0553. The quantitative estimate of drug-likeness (QED) is 0.292. The molecule has 4 rings (SSSR count). The van der Waals surface area contributed by atoms with Crippen molar-refractivity contribution in [2.75, 3.05) is 17.9 Å². The van der Waals surface area contributed by atoms with Gasteiger partial charge in [-0.1, -0.05) is 23.5 Å². The molecule has 0 bridgehead atoms. The van der Waals surface area contributed by atoms with Gasteiger partial charge in [-0.05, 0) is 36.4 Å². The van der Waals surface area contributed by atoms with Gasteiger partial charge in [0.15, 0.2) is 5.13 Å². The van der Waals surface area contributed by atoms with Crippen LogP contribution in [0.2, 0.25) is 0 Å². The van der Waals surface area contributed by atoms with Gasteiger partial charge in [0.2, 0.25) is 11.6 Å². The number of hydrazine groups is 1. The van der Waals surface area contributed by atoms with E-state index in [0.717, 1.165) is 16.5 Å². The first kappa shape index (κ1) is 20.0. The van der Waals surface area contributed by atoms with E-state index in [9.17, 15) is 14.9 Å². The van der Waals surface area contributed by atoms with Crippen molar-refractivity contribution < 1.29 is 14.5 Å². The molecule has 2 aromatic heterocycles. The van der Waals surface area contributed by atoms with Crippen LogP contribution in [0.1, 0.15) is 10.4 Å². The number of para-hydroxylation sites is 1. The van der Waals surface area contributed by atoms with Crippen LogP contribution in [0.4, 0.5) is 22.5 Å². The number of rotatable bonds is 7. The number of amides is 1. The van der Waals surface area contributed by atoms with Crippen molar-refractivity contribution in [1.82, 2.24) is 20.4 Å². The minimum Gasteiger partial charge on any atom is -0.497 e. The third-order valence-corrected chi connectivity index (χ3v) is 5.12. The first-order chi connectivity index (χ1) is 15.0. The molecule has 0 fully saturated rings. The number of fused-ring (bicyclic) bond motifs is 1. The highest BCUT2D eigenvalue weighted by atomic mass is 32.1. The van der Waals surface area contributed by atoms with Gasteiger partial charge in [0.25, 0.3) is 5.91 Å². The molecule has 2 aromatic carbocycles. The number of nitro groups is 1. The highest BCUT2D eigenvalue weighted by Gasteiger charge is 2.24. The van der Waals surface area contributed by atoms with Crippen molar-refractivity contribution in [3.05, 3.63) is 70.5 Å². The Morgan fingerprint density at radius 1 is 1.10 bits per heavy atom. The van der Waals surface area contributed by atoms with E-state index < -0.39 is 16.5 Å². The Bertz CT molecular complexity index is 1230. The number of hydrogen-bond acceptors (Lipinski definition) is 10. The Labute approximate surface area is 179 Å². The van der Waals surface area contributed by atoms with Crippen LogP contribution in [-0.2, 0) is 0 Å². The van der Waals surface area contributed by atoms with Crippen LogP contribution in [0.25, 0.3) is 10.2 Å². The Hall–Kier alpha value is -4.32. The predicted octanol–water partition coefficient (Wildman–Crippen LogP) is 3.50. The molecule has 0 aliphatic carbocycles. The van der Waals surface area contributed by atoms with Crippen LogP contribution < -0.4 is 20.9 Å². The number of aromatic nitrogens is 3. The molecule has 31 heavy (non-hydrogen) atoms. The van der Waals surface area contributed by atoms with Gasteiger partial charge in [-0.15, -0.1) is 0 Å². The molecule has 0 atom stereocenters. The molecule has 0 radical (unpaired) electrons. The largest absolute Gasteiger partial charge is 0.497 e. The number of hydrogen-bond donors (Lipinski definition) is 3. The highest BCUT2D eigenvalue weighted by Crippen LogP contribution is 2.33. The SMILES string of the molecule is COc1ccc(C(=O)NNc2ncnc(Nc3nc4ccccc4s3)c2[N+](=O)[O-])cc1. The first-order valence-electron chi connectivity index (χ1n) is 8.87. The zero-order chi connectivity index (χ0) is 21.8. The van der Waals surface area contributed by atoms with E-state index in [2.05, 4.69) is 31.1 Å². The van der Waals surface area contributed by atoms with Crippen molar-refractivity contribution in [2.24, 2.45) is 0 Å². The van der Waals surface area contributed by atoms with Gasteiger partial charge in [0, 0.05) is 5.56 Å². The maximum Gasteiger partial charge on any atom is 0.355 e. The van der Waals surface area contributed by atoms with Crippen molar-refractivity contribution in [3.8, 4) is 5.75 Å². The van der Waals surface area contributed by atoms with E-state index in [4.69, 9.17) is 4.74 Å². The smallest absolute Gasteiger partial charge is 0.355 e. The normalized spacial score (nSPS) is 10.5. The Morgan fingerprint density at radius 2 is 1.84 bits per heavy atom. The van der Waals surface area contributed by atoms with E-state index in [1.54, 1.807) is 24.3 Å². The molecule has 1 amide bonds. The van der Waals surface area contributed by atoms with Gasteiger partial charge in [-0.2, -0.15) is 0 Å². The van der Waals surface area contributed by atoms with E-state index in [0.29, 0.717) is 16.4 Å². The Morgan fingerprint density at radius 3 is 2.55 bits per heavy atom. The number of carbonyl (C=O) groups is 1. The monoisotopic (exact) mass is 437 g/mol. The fourth-order valence-corrected chi connectivity index (χ4v) is 3.56. The lowest BCUT2D eigenvalue weighted by Crippen LogP contribution is -2.30. The molecule has 0 saturated heterocycles. The first-order valence-corrected chi connectivity index (χ1v) is 9.69. The number of carbonyl (C=O) groups excluding carboxylic acids is 1. The molecule has 0 saturated carbocycles. The van der Waals surface area contributed by atoms with Crippen LogP contribution in [0.5, 0.6) is 5.75 Å². The van der Waals surface area contributed by atoms with Crippen LogP contribution >= 0.6 is 11.3 Å². The maximum absolute atomic E-state index is 12.3. The lowest BCUT2D eigenvalue weighted by Gasteiger charge is -2.10. The summed E-state index contributed by atoms with van der Waals surface area (Å²) in [5.41, 5.74) is 5.55. The molecular formula is C19H15N7O4S. The molecule has 0 aliphatic rings. The molecule has 2 heterocycles. The summed E-state index contributed by atoms with van der Waals surface area (Å²) in [5, 5.41) is 15.0. The summed E-state index contributed by atoms with van der Waals surface area (Å²) in [4.78, 5) is 35.6. The van der Waals surface area contributed by atoms with Crippen molar-refractivity contribution in [2.45, 2.75) is 0 Å². The average Bonchev–Trinajstić information content (AvgIpc) is 3.19. The van der Waals surface area contributed by atoms with E-state index >= 15 is 0 Å². The van der Waals surface area contributed by atoms with Crippen LogP contribution in [0, 0.1) is 10.1 Å². The predicted molar refractivity (Wildman–Crippen MR) is 116 cm³/mol. The van der Waals surface area contributed by atoms with Crippen LogP contribution in [0.3, 0.4) is 0 Å². The molecule has 12 heteroatoms. The summed E-state index contributed by atoms with van der Waals surface area (Å²) in [5.74, 6) is -0.136. The molecule has 0 spiro atoms. The molecule has 0 unspecified atom stereocenters. The van der Waals surface area contributed by atoms with E-state index in [-0.39, 0.29) is 11.6 Å². The fourth-order valence-electron chi connectivity index (χ4n) is 2.69. The number of nitrogens with zero attached hydrogens (tertiary/aromatic N) is 4. The molecular weight excluding hydrogens is 422 g/mol. The zero-order valence-corrected chi connectivity index (χ0v) is 16.8. The van der Waals surface area contributed by atoms with Gasteiger partial charge in [0.05, 0.1) is 22.2 Å². The lowest BCUT2D eigenvalue weighted by atomic mass is 10.2. The number of methoxy groups -OCH3 is 1. The number of benzene rings is 2.